The van der Waals surface area contributed by atoms with Gasteiger partial charge in [0.2, 0.25) is 15.9 Å². The van der Waals surface area contributed by atoms with E-state index < -0.39 is 38.3 Å². The van der Waals surface area contributed by atoms with Gasteiger partial charge < -0.3 is 10.2 Å². The monoisotopic (exact) mass is 487 g/mol. The summed E-state index contributed by atoms with van der Waals surface area (Å²) in [5, 5.41) is 19.0. The van der Waals surface area contributed by atoms with Gasteiger partial charge in [-0.15, -0.1) is 0 Å². The second-order valence-corrected chi connectivity index (χ2v) is 8.90. The van der Waals surface area contributed by atoms with E-state index >= 15 is 0 Å². The molecule has 0 spiro atoms. The molecule has 1 amide bonds. The van der Waals surface area contributed by atoms with Crippen molar-refractivity contribution in [2.45, 2.75) is 11.1 Å². The molecule has 0 aromatic heterocycles. The molecule has 3 rings (SSSR count). The molecule has 1 saturated heterocycles. The minimum atomic E-state index is -4.69. The number of amides is 1. The number of benzene rings is 2. The molecule has 33 heavy (non-hydrogen) atoms. The van der Waals surface area contributed by atoms with Crippen molar-refractivity contribution in [3.05, 3.63) is 58.1 Å². The number of rotatable bonds is 6. The Morgan fingerprint density at radius 1 is 1.12 bits per heavy atom. The van der Waals surface area contributed by atoms with Crippen LogP contribution in [0.25, 0.3) is 0 Å². The van der Waals surface area contributed by atoms with Gasteiger partial charge in [0.25, 0.3) is 5.69 Å². The highest BCUT2D eigenvalue weighted by atomic mass is 32.2. The van der Waals surface area contributed by atoms with Crippen LogP contribution >= 0.6 is 0 Å². The molecule has 2 aromatic rings. The van der Waals surface area contributed by atoms with Crippen LogP contribution in [0.1, 0.15) is 5.56 Å². The first kappa shape index (κ1) is 24.4. The van der Waals surface area contributed by atoms with Gasteiger partial charge in [0, 0.05) is 37.9 Å². The largest absolute Gasteiger partial charge is 0.416 e. The van der Waals surface area contributed by atoms with Gasteiger partial charge in [-0.05, 0) is 30.3 Å². The summed E-state index contributed by atoms with van der Waals surface area (Å²) in [6.45, 7) is 1.18. The molecular weight excluding hydrogens is 467 g/mol. The third-order valence-corrected chi connectivity index (χ3v) is 5.94. The molecule has 0 unspecified atom stereocenters. The molecule has 0 saturated carbocycles. The Balaban J connectivity index is 1.61. The number of nitro benzene ring substituents is 1. The molecular formula is C19H20F3N5O5S. The van der Waals surface area contributed by atoms with Crippen LogP contribution in [0.5, 0.6) is 0 Å². The summed E-state index contributed by atoms with van der Waals surface area (Å²) in [5.74, 6) is -0.407. The van der Waals surface area contributed by atoms with Gasteiger partial charge in [0.1, 0.15) is 5.69 Å². The van der Waals surface area contributed by atoms with Crippen LogP contribution in [0.3, 0.4) is 0 Å². The number of hydrogen-bond donors (Lipinski definition) is 2. The van der Waals surface area contributed by atoms with Crippen molar-refractivity contribution >= 4 is 33.0 Å². The molecule has 0 radical (unpaired) electrons. The van der Waals surface area contributed by atoms with Gasteiger partial charge in [-0.25, -0.2) is 13.6 Å². The fourth-order valence-corrected chi connectivity index (χ4v) is 3.97. The number of primary sulfonamides is 1. The Hall–Kier alpha value is -3.23. The Labute approximate surface area is 187 Å². The van der Waals surface area contributed by atoms with Gasteiger partial charge in [-0.1, -0.05) is 6.07 Å². The second-order valence-electron chi connectivity index (χ2n) is 7.34. The Morgan fingerprint density at radius 2 is 1.79 bits per heavy atom. The lowest BCUT2D eigenvalue weighted by Crippen LogP contribution is -2.48. The number of nitrogens with zero attached hydrogens (tertiary/aromatic N) is 3. The summed E-state index contributed by atoms with van der Waals surface area (Å²) in [6.07, 6.45) is -4.69. The second kappa shape index (κ2) is 9.33. The minimum absolute atomic E-state index is 0.0253. The molecule has 3 N–H and O–H groups in total. The average Bonchev–Trinajstić information content (AvgIpc) is 2.72. The fourth-order valence-electron chi connectivity index (χ4n) is 3.41. The van der Waals surface area contributed by atoms with Crippen molar-refractivity contribution in [3.8, 4) is 0 Å². The van der Waals surface area contributed by atoms with Crippen LogP contribution in [0.4, 0.5) is 30.2 Å². The van der Waals surface area contributed by atoms with E-state index in [0.29, 0.717) is 19.2 Å². The third kappa shape index (κ3) is 6.18. The van der Waals surface area contributed by atoms with E-state index in [0.717, 1.165) is 12.1 Å². The van der Waals surface area contributed by atoms with Crippen LogP contribution in [-0.2, 0) is 21.0 Å². The molecule has 0 bridgehead atoms. The minimum Gasteiger partial charge on any atom is -0.363 e. The summed E-state index contributed by atoms with van der Waals surface area (Å²) >= 11 is 0. The maximum Gasteiger partial charge on any atom is 0.416 e. The number of hydrogen-bond acceptors (Lipinski definition) is 7. The number of anilines is 2. The number of nitrogens with one attached hydrogen (secondary N) is 1. The maximum atomic E-state index is 12.9. The quantitative estimate of drug-likeness (QED) is 0.469. The third-order valence-electron chi connectivity index (χ3n) is 5.03. The molecule has 178 valence electrons. The summed E-state index contributed by atoms with van der Waals surface area (Å²) in [5.41, 5.74) is -1.40. The highest BCUT2D eigenvalue weighted by Crippen LogP contribution is 2.36. The smallest absolute Gasteiger partial charge is 0.363 e. The van der Waals surface area contributed by atoms with Crippen LogP contribution in [0.2, 0.25) is 0 Å². The lowest BCUT2D eigenvalue weighted by molar-refractivity contribution is -0.384. The lowest BCUT2D eigenvalue weighted by Gasteiger charge is -2.35. The van der Waals surface area contributed by atoms with Crippen LogP contribution in [-0.4, -0.2) is 56.9 Å². The fraction of sp³-hybridized carbons (Fsp3) is 0.316. The molecule has 14 heteroatoms. The zero-order valence-electron chi connectivity index (χ0n) is 17.1. The highest BCUT2D eigenvalue weighted by molar-refractivity contribution is 7.89. The first-order valence-corrected chi connectivity index (χ1v) is 11.1. The first-order chi connectivity index (χ1) is 15.3. The van der Waals surface area contributed by atoms with E-state index in [1.54, 1.807) is 9.80 Å². The van der Waals surface area contributed by atoms with Gasteiger partial charge in [0.05, 0.1) is 21.9 Å². The molecule has 2 aromatic carbocycles. The summed E-state index contributed by atoms with van der Waals surface area (Å²) in [4.78, 5) is 26.0. The normalized spacial score (nSPS) is 15.3. The summed E-state index contributed by atoms with van der Waals surface area (Å²) in [7, 11) is -3.92. The number of halogens is 3. The van der Waals surface area contributed by atoms with Crippen molar-refractivity contribution in [3.63, 3.8) is 0 Å². The number of alkyl halides is 3. The predicted octanol–water partition coefficient (Wildman–Crippen LogP) is 2.02. The number of carbonyl (C=O) groups is 1. The summed E-state index contributed by atoms with van der Waals surface area (Å²) < 4.78 is 61.5. The zero-order chi connectivity index (χ0) is 24.4. The SMILES string of the molecule is NS(=O)(=O)c1cccc(NC(=O)CN2CCN(c3ccc(C(F)(F)F)cc3[N+](=O)[O-])CC2)c1. The Kier molecular flexibility index (Phi) is 6.90. The summed E-state index contributed by atoms with van der Waals surface area (Å²) in [6, 6.07) is 7.88. The Bertz CT molecular complexity index is 1160. The number of piperazine rings is 1. The molecule has 1 aliphatic heterocycles. The molecule has 1 aliphatic rings. The highest BCUT2D eigenvalue weighted by Gasteiger charge is 2.34. The Morgan fingerprint density at radius 3 is 2.36 bits per heavy atom. The zero-order valence-corrected chi connectivity index (χ0v) is 17.9. The van der Waals surface area contributed by atoms with Crippen LogP contribution < -0.4 is 15.4 Å². The van der Waals surface area contributed by atoms with E-state index in [1.807, 2.05) is 0 Å². The van der Waals surface area contributed by atoms with Gasteiger partial charge in [-0.3, -0.25) is 19.8 Å². The van der Waals surface area contributed by atoms with Crippen molar-refractivity contribution in [1.29, 1.82) is 0 Å². The number of carbonyl (C=O) groups excluding carboxylic acids is 1. The van der Waals surface area contributed by atoms with Gasteiger partial charge in [-0.2, -0.15) is 13.2 Å². The van der Waals surface area contributed by atoms with Crippen LogP contribution in [0.15, 0.2) is 47.4 Å². The molecule has 1 fully saturated rings. The van der Waals surface area contributed by atoms with E-state index in [4.69, 9.17) is 5.14 Å². The van der Waals surface area contributed by atoms with Gasteiger partial charge in [0.15, 0.2) is 0 Å². The topological polar surface area (TPSA) is 139 Å². The van der Waals surface area contributed by atoms with Crippen LogP contribution in [0, 0.1) is 10.1 Å². The predicted molar refractivity (Wildman–Crippen MR) is 113 cm³/mol. The van der Waals surface area contributed by atoms with E-state index in [-0.39, 0.29) is 35.9 Å². The lowest BCUT2D eigenvalue weighted by atomic mass is 10.1. The number of sulfonamides is 1. The van der Waals surface area contributed by atoms with E-state index in [1.165, 1.54) is 24.3 Å². The van der Waals surface area contributed by atoms with Crippen molar-refractivity contribution in [1.82, 2.24) is 4.90 Å². The van der Waals surface area contributed by atoms with Gasteiger partial charge >= 0.3 is 6.18 Å². The van der Waals surface area contributed by atoms with E-state index in [2.05, 4.69) is 5.32 Å². The molecule has 0 atom stereocenters. The molecule has 0 aliphatic carbocycles. The average molecular weight is 487 g/mol. The molecule has 10 nitrogen and oxygen atoms in total. The first-order valence-electron chi connectivity index (χ1n) is 9.60. The molecule has 1 heterocycles. The van der Waals surface area contributed by atoms with Crippen molar-refractivity contribution in [2.24, 2.45) is 5.14 Å². The van der Waals surface area contributed by atoms with Crippen molar-refractivity contribution < 1.29 is 31.3 Å². The standard InChI is InChI=1S/C19H20F3N5O5S/c20-19(21,22)13-4-5-16(17(10-13)27(29)30)26-8-6-25(7-9-26)12-18(28)24-14-2-1-3-15(11-14)33(23,31)32/h1-5,10-11H,6-9,12H2,(H,24,28)(H2,23,31,32). The van der Waals surface area contributed by atoms with E-state index in [9.17, 15) is 36.5 Å². The maximum absolute atomic E-state index is 12.9. The number of nitro groups is 1. The van der Waals surface area contributed by atoms with Crippen molar-refractivity contribution in [2.75, 3.05) is 42.9 Å². The number of nitrogens with two attached hydrogens (primary N) is 1.